The molecule has 1 heterocycles. The second-order valence-electron chi connectivity index (χ2n) is 7.71. The molecule has 0 aliphatic heterocycles. The number of fused-ring (bicyclic) bond motifs is 1. The summed E-state index contributed by atoms with van der Waals surface area (Å²) in [6.07, 6.45) is 2.00. The predicted molar refractivity (Wildman–Crippen MR) is 124 cm³/mol. The smallest absolute Gasteiger partial charge is 0.336 e. The van der Waals surface area contributed by atoms with Crippen molar-refractivity contribution in [3.05, 3.63) is 101 Å². The number of aromatic carboxylic acids is 2. The molecule has 0 aliphatic carbocycles. The lowest BCUT2D eigenvalue weighted by atomic mass is 9.92. The van der Waals surface area contributed by atoms with Crippen molar-refractivity contribution in [3.8, 4) is 11.1 Å². The van der Waals surface area contributed by atoms with E-state index in [-0.39, 0.29) is 5.56 Å². The standard InChI is InChI=1S/C27H23NO4/c1-2-7-23-22(25(27(31)32)21-10-5-6-11-24(21)28-23)16-17-12-14-18(15-13-17)19-8-3-4-9-20(19)26(29)30/h3-6,8-15H,2,7,16H2,1H3,(H,29,30)(H,31,32). The average Bonchev–Trinajstić information content (AvgIpc) is 2.79. The van der Waals surface area contributed by atoms with Crippen LogP contribution in [0.1, 0.15) is 50.9 Å². The summed E-state index contributed by atoms with van der Waals surface area (Å²) in [5, 5.41) is 20.1. The molecule has 4 rings (SSSR count). The molecule has 0 bridgehead atoms. The molecule has 0 atom stereocenters. The molecule has 0 saturated carbocycles. The fourth-order valence-electron chi connectivity index (χ4n) is 4.11. The van der Waals surface area contributed by atoms with Crippen molar-refractivity contribution >= 4 is 22.8 Å². The largest absolute Gasteiger partial charge is 0.478 e. The fraction of sp³-hybridized carbons (Fsp3) is 0.148. The minimum atomic E-state index is -0.970. The molecule has 0 aliphatic rings. The van der Waals surface area contributed by atoms with Gasteiger partial charge in [0.05, 0.1) is 16.6 Å². The molecule has 0 spiro atoms. The van der Waals surface area contributed by atoms with Gasteiger partial charge in [-0.15, -0.1) is 0 Å². The van der Waals surface area contributed by atoms with Crippen LogP contribution in [-0.4, -0.2) is 27.1 Å². The number of carboxylic acid groups (broad SMARTS) is 2. The van der Waals surface area contributed by atoms with Crippen LogP contribution in [0.3, 0.4) is 0 Å². The number of hydrogen-bond donors (Lipinski definition) is 2. The number of nitrogens with zero attached hydrogens (tertiary/aromatic N) is 1. The summed E-state index contributed by atoms with van der Waals surface area (Å²) in [5.41, 5.74) is 5.18. The van der Waals surface area contributed by atoms with Crippen molar-refractivity contribution in [2.45, 2.75) is 26.2 Å². The van der Waals surface area contributed by atoms with Crippen molar-refractivity contribution in [1.29, 1.82) is 0 Å². The molecule has 2 N–H and O–H groups in total. The van der Waals surface area contributed by atoms with Crippen molar-refractivity contribution in [3.63, 3.8) is 0 Å². The Labute approximate surface area is 186 Å². The highest BCUT2D eigenvalue weighted by Gasteiger charge is 2.20. The van der Waals surface area contributed by atoms with Crippen LogP contribution in [0.2, 0.25) is 0 Å². The Morgan fingerprint density at radius 3 is 2.22 bits per heavy atom. The van der Waals surface area contributed by atoms with Crippen molar-refractivity contribution in [2.75, 3.05) is 0 Å². The van der Waals surface area contributed by atoms with Crippen LogP contribution in [0.25, 0.3) is 22.0 Å². The van der Waals surface area contributed by atoms with E-state index in [1.807, 2.05) is 48.5 Å². The molecule has 5 heteroatoms. The first kappa shape index (κ1) is 21.2. The number of rotatable bonds is 7. The number of para-hydroxylation sites is 1. The molecule has 0 unspecified atom stereocenters. The predicted octanol–water partition coefficient (Wildman–Crippen LogP) is 5.84. The molecule has 0 amide bonds. The van der Waals surface area contributed by atoms with Crippen LogP contribution >= 0.6 is 0 Å². The summed E-state index contributed by atoms with van der Waals surface area (Å²) in [7, 11) is 0. The van der Waals surface area contributed by atoms with E-state index in [0.29, 0.717) is 34.9 Å². The number of hydrogen-bond acceptors (Lipinski definition) is 3. The molecular weight excluding hydrogens is 402 g/mol. The highest BCUT2D eigenvalue weighted by Crippen LogP contribution is 2.29. The van der Waals surface area contributed by atoms with E-state index in [1.54, 1.807) is 24.3 Å². The topological polar surface area (TPSA) is 87.5 Å². The van der Waals surface area contributed by atoms with E-state index in [1.165, 1.54) is 0 Å². The number of aromatic nitrogens is 1. The first-order valence-electron chi connectivity index (χ1n) is 10.5. The number of aryl methyl sites for hydroxylation is 1. The van der Waals surface area contributed by atoms with E-state index in [2.05, 4.69) is 6.92 Å². The lowest BCUT2D eigenvalue weighted by Crippen LogP contribution is -2.10. The molecule has 4 aromatic rings. The third-order valence-electron chi connectivity index (χ3n) is 5.58. The van der Waals surface area contributed by atoms with E-state index in [4.69, 9.17) is 4.98 Å². The van der Waals surface area contributed by atoms with Crippen LogP contribution < -0.4 is 0 Å². The second-order valence-corrected chi connectivity index (χ2v) is 7.71. The Bertz CT molecular complexity index is 1310. The maximum Gasteiger partial charge on any atom is 0.336 e. The minimum Gasteiger partial charge on any atom is -0.478 e. The SMILES string of the molecule is CCCc1nc2ccccc2c(C(=O)O)c1Cc1ccc(-c2ccccc2C(=O)O)cc1. The maximum absolute atomic E-state index is 12.2. The molecule has 160 valence electrons. The van der Waals surface area contributed by atoms with Gasteiger partial charge in [-0.05, 0) is 40.8 Å². The van der Waals surface area contributed by atoms with Crippen molar-refractivity contribution in [2.24, 2.45) is 0 Å². The minimum absolute atomic E-state index is 0.248. The number of benzene rings is 3. The zero-order chi connectivity index (χ0) is 22.7. The van der Waals surface area contributed by atoms with Gasteiger partial charge in [-0.1, -0.05) is 74.0 Å². The molecule has 1 aromatic heterocycles. The van der Waals surface area contributed by atoms with E-state index in [0.717, 1.165) is 28.8 Å². The van der Waals surface area contributed by atoms with E-state index in [9.17, 15) is 19.8 Å². The first-order chi connectivity index (χ1) is 15.5. The van der Waals surface area contributed by atoms with Crippen LogP contribution in [0, 0.1) is 0 Å². The second kappa shape index (κ2) is 9.02. The van der Waals surface area contributed by atoms with E-state index < -0.39 is 11.9 Å². The molecule has 32 heavy (non-hydrogen) atoms. The van der Waals surface area contributed by atoms with Gasteiger partial charge in [0.1, 0.15) is 0 Å². The van der Waals surface area contributed by atoms with Gasteiger partial charge in [-0.25, -0.2) is 9.59 Å². The van der Waals surface area contributed by atoms with Crippen LogP contribution in [0.4, 0.5) is 0 Å². The highest BCUT2D eigenvalue weighted by atomic mass is 16.4. The summed E-state index contributed by atoms with van der Waals surface area (Å²) in [6, 6.07) is 21.8. The summed E-state index contributed by atoms with van der Waals surface area (Å²) in [4.78, 5) is 28.6. The van der Waals surface area contributed by atoms with Crippen LogP contribution in [0.5, 0.6) is 0 Å². The Balaban J connectivity index is 1.77. The molecule has 0 radical (unpaired) electrons. The zero-order valence-corrected chi connectivity index (χ0v) is 17.7. The van der Waals surface area contributed by atoms with Gasteiger partial charge in [0, 0.05) is 17.5 Å². The van der Waals surface area contributed by atoms with Gasteiger partial charge in [-0.3, -0.25) is 4.98 Å². The first-order valence-corrected chi connectivity index (χ1v) is 10.5. The molecule has 5 nitrogen and oxygen atoms in total. The monoisotopic (exact) mass is 425 g/mol. The zero-order valence-electron chi connectivity index (χ0n) is 17.7. The van der Waals surface area contributed by atoms with Crippen LogP contribution in [0.15, 0.2) is 72.8 Å². The molecule has 0 fully saturated rings. The van der Waals surface area contributed by atoms with Gasteiger partial charge in [0.2, 0.25) is 0 Å². The van der Waals surface area contributed by atoms with Gasteiger partial charge in [0.15, 0.2) is 0 Å². The van der Waals surface area contributed by atoms with Crippen molar-refractivity contribution in [1.82, 2.24) is 4.98 Å². The Hall–Kier alpha value is -3.99. The molecule has 3 aromatic carbocycles. The molecule has 0 saturated heterocycles. The van der Waals surface area contributed by atoms with Gasteiger partial charge in [-0.2, -0.15) is 0 Å². The highest BCUT2D eigenvalue weighted by molar-refractivity contribution is 6.04. The van der Waals surface area contributed by atoms with Gasteiger partial charge < -0.3 is 10.2 Å². The number of carboxylic acids is 2. The fourth-order valence-corrected chi connectivity index (χ4v) is 4.11. The Kier molecular flexibility index (Phi) is 5.99. The van der Waals surface area contributed by atoms with Gasteiger partial charge in [0.25, 0.3) is 0 Å². The Morgan fingerprint density at radius 1 is 0.844 bits per heavy atom. The van der Waals surface area contributed by atoms with Crippen molar-refractivity contribution < 1.29 is 19.8 Å². The lowest BCUT2D eigenvalue weighted by Gasteiger charge is -2.15. The van der Waals surface area contributed by atoms with Crippen LogP contribution in [-0.2, 0) is 12.8 Å². The summed E-state index contributed by atoms with van der Waals surface area (Å²) < 4.78 is 0. The van der Waals surface area contributed by atoms with Gasteiger partial charge >= 0.3 is 11.9 Å². The maximum atomic E-state index is 12.2. The normalized spacial score (nSPS) is 10.9. The summed E-state index contributed by atoms with van der Waals surface area (Å²) >= 11 is 0. The summed E-state index contributed by atoms with van der Waals surface area (Å²) in [5.74, 6) is -1.93. The number of pyridine rings is 1. The average molecular weight is 425 g/mol. The summed E-state index contributed by atoms with van der Waals surface area (Å²) in [6.45, 7) is 2.05. The van der Waals surface area contributed by atoms with E-state index >= 15 is 0 Å². The molecular formula is C27H23NO4. The third-order valence-corrected chi connectivity index (χ3v) is 5.58. The quantitative estimate of drug-likeness (QED) is 0.388. The lowest BCUT2D eigenvalue weighted by molar-refractivity contribution is 0.0687. The third kappa shape index (κ3) is 4.10. The number of carbonyl (C=O) groups is 2. The Morgan fingerprint density at radius 2 is 1.53 bits per heavy atom.